The molecule has 1 aromatic carbocycles. The fourth-order valence-corrected chi connectivity index (χ4v) is 1.75. The number of rotatable bonds is 3. The molecule has 1 heterocycles. The Kier molecular flexibility index (Phi) is 3.43. The van der Waals surface area contributed by atoms with Crippen LogP contribution in [0.4, 0.5) is 5.69 Å². The normalized spacial score (nSPS) is 10.2. The number of carboxylic acid groups (broad SMARTS) is 1. The molecule has 96 valence electrons. The second kappa shape index (κ2) is 5.03. The van der Waals surface area contributed by atoms with Gasteiger partial charge in [0.05, 0.1) is 21.2 Å². The maximum Gasteiger partial charge on any atom is 0.335 e. The molecule has 0 amide bonds. The summed E-state index contributed by atoms with van der Waals surface area (Å²) in [7, 11) is 0. The Labute approximate surface area is 112 Å². The number of halogens is 1. The number of pyridine rings is 1. The van der Waals surface area contributed by atoms with Crippen molar-refractivity contribution in [1.29, 1.82) is 0 Å². The summed E-state index contributed by atoms with van der Waals surface area (Å²) >= 11 is 5.96. The molecule has 0 atom stereocenters. The van der Waals surface area contributed by atoms with E-state index in [0.717, 1.165) is 0 Å². The molecule has 0 fully saturated rings. The first-order chi connectivity index (χ1) is 8.99. The molecule has 1 N–H and O–H groups in total. The molecular formula is C12H7ClN2O4. The van der Waals surface area contributed by atoms with Crippen LogP contribution < -0.4 is 0 Å². The molecule has 19 heavy (non-hydrogen) atoms. The van der Waals surface area contributed by atoms with Crippen molar-refractivity contribution in [3.05, 3.63) is 57.2 Å². The molecule has 6 nitrogen and oxygen atoms in total. The number of hydrogen-bond donors (Lipinski definition) is 1. The van der Waals surface area contributed by atoms with Gasteiger partial charge in [-0.3, -0.25) is 15.1 Å². The molecule has 0 saturated heterocycles. The number of benzene rings is 1. The van der Waals surface area contributed by atoms with Gasteiger partial charge < -0.3 is 5.11 Å². The van der Waals surface area contributed by atoms with Crippen LogP contribution in [0.2, 0.25) is 5.02 Å². The second-order valence-electron chi connectivity index (χ2n) is 3.66. The van der Waals surface area contributed by atoms with Gasteiger partial charge in [-0.1, -0.05) is 11.6 Å². The van der Waals surface area contributed by atoms with Gasteiger partial charge in [-0.25, -0.2) is 4.79 Å². The van der Waals surface area contributed by atoms with Gasteiger partial charge in [0, 0.05) is 23.9 Å². The SMILES string of the molecule is O=C(O)c1ccnc(-c2cc([N+](=O)[O-])ccc2Cl)c1. The summed E-state index contributed by atoms with van der Waals surface area (Å²) in [6.45, 7) is 0. The standard InChI is InChI=1S/C12H7ClN2O4/c13-10-2-1-8(15(18)19)6-9(10)11-5-7(12(16)17)3-4-14-11/h1-6H,(H,16,17). The molecule has 1 aromatic heterocycles. The van der Waals surface area contributed by atoms with Gasteiger partial charge in [0.1, 0.15) is 0 Å². The zero-order valence-corrected chi connectivity index (χ0v) is 10.2. The zero-order chi connectivity index (χ0) is 14.0. The largest absolute Gasteiger partial charge is 0.478 e. The van der Waals surface area contributed by atoms with Gasteiger partial charge in [0.25, 0.3) is 5.69 Å². The lowest BCUT2D eigenvalue weighted by Crippen LogP contribution is -1.97. The first-order valence-electron chi connectivity index (χ1n) is 5.12. The summed E-state index contributed by atoms with van der Waals surface area (Å²) in [5, 5.41) is 19.9. The molecule has 0 unspecified atom stereocenters. The van der Waals surface area contributed by atoms with E-state index in [-0.39, 0.29) is 22.0 Å². The number of nitrogens with zero attached hydrogens (tertiary/aromatic N) is 2. The minimum Gasteiger partial charge on any atom is -0.478 e. The summed E-state index contributed by atoms with van der Waals surface area (Å²) in [5.41, 5.74) is 0.488. The van der Waals surface area contributed by atoms with Crippen molar-refractivity contribution >= 4 is 23.3 Å². The van der Waals surface area contributed by atoms with Crippen LogP contribution >= 0.6 is 11.6 Å². The molecule has 0 radical (unpaired) electrons. The first kappa shape index (κ1) is 13.0. The summed E-state index contributed by atoms with van der Waals surface area (Å²) in [5.74, 6) is -1.11. The van der Waals surface area contributed by atoms with Crippen molar-refractivity contribution in [2.45, 2.75) is 0 Å². The zero-order valence-electron chi connectivity index (χ0n) is 9.41. The molecule has 0 aliphatic carbocycles. The number of hydrogen-bond acceptors (Lipinski definition) is 4. The number of aromatic carboxylic acids is 1. The van der Waals surface area contributed by atoms with E-state index >= 15 is 0 Å². The lowest BCUT2D eigenvalue weighted by Gasteiger charge is -2.04. The van der Waals surface area contributed by atoms with Gasteiger partial charge in [-0.2, -0.15) is 0 Å². The second-order valence-corrected chi connectivity index (χ2v) is 4.06. The van der Waals surface area contributed by atoms with Crippen LogP contribution in [0.3, 0.4) is 0 Å². The van der Waals surface area contributed by atoms with Crippen molar-refractivity contribution in [2.24, 2.45) is 0 Å². The Morgan fingerprint density at radius 3 is 2.68 bits per heavy atom. The van der Waals surface area contributed by atoms with Gasteiger partial charge in [-0.05, 0) is 18.2 Å². The lowest BCUT2D eigenvalue weighted by atomic mass is 10.1. The van der Waals surface area contributed by atoms with E-state index in [9.17, 15) is 14.9 Å². The molecule has 0 spiro atoms. The smallest absolute Gasteiger partial charge is 0.335 e. The minimum atomic E-state index is -1.11. The Morgan fingerprint density at radius 2 is 2.05 bits per heavy atom. The van der Waals surface area contributed by atoms with Gasteiger partial charge >= 0.3 is 5.97 Å². The summed E-state index contributed by atoms with van der Waals surface area (Å²) in [4.78, 5) is 25.0. The maximum absolute atomic E-state index is 10.9. The fraction of sp³-hybridized carbons (Fsp3) is 0. The highest BCUT2D eigenvalue weighted by Gasteiger charge is 2.13. The maximum atomic E-state index is 10.9. The monoisotopic (exact) mass is 278 g/mol. The van der Waals surface area contributed by atoms with Crippen LogP contribution in [-0.2, 0) is 0 Å². The molecule has 0 aliphatic heterocycles. The Morgan fingerprint density at radius 1 is 1.32 bits per heavy atom. The van der Waals surface area contributed by atoms with Crippen molar-refractivity contribution in [2.75, 3.05) is 0 Å². The molecule has 0 aliphatic rings. The summed E-state index contributed by atoms with van der Waals surface area (Å²) < 4.78 is 0. The molecule has 2 rings (SSSR count). The topological polar surface area (TPSA) is 93.3 Å². The van der Waals surface area contributed by atoms with E-state index < -0.39 is 10.9 Å². The number of aromatic nitrogens is 1. The lowest BCUT2D eigenvalue weighted by molar-refractivity contribution is -0.384. The first-order valence-corrected chi connectivity index (χ1v) is 5.50. The quantitative estimate of drug-likeness (QED) is 0.688. The van der Waals surface area contributed by atoms with Crippen LogP contribution in [0.1, 0.15) is 10.4 Å². The number of nitro benzene ring substituents is 1. The van der Waals surface area contributed by atoms with Crippen LogP contribution in [0.15, 0.2) is 36.5 Å². The molecule has 0 saturated carbocycles. The molecule has 7 heteroatoms. The van der Waals surface area contributed by atoms with Crippen LogP contribution in [0.25, 0.3) is 11.3 Å². The average molecular weight is 279 g/mol. The average Bonchev–Trinajstić information content (AvgIpc) is 2.39. The van der Waals surface area contributed by atoms with E-state index in [1.54, 1.807) is 0 Å². The third kappa shape index (κ3) is 2.69. The van der Waals surface area contributed by atoms with E-state index in [4.69, 9.17) is 16.7 Å². The summed E-state index contributed by atoms with van der Waals surface area (Å²) in [6, 6.07) is 6.55. The van der Waals surface area contributed by atoms with Crippen molar-refractivity contribution < 1.29 is 14.8 Å². The van der Waals surface area contributed by atoms with Gasteiger partial charge in [0.15, 0.2) is 0 Å². The number of carboxylic acids is 1. The Bertz CT molecular complexity index is 673. The van der Waals surface area contributed by atoms with E-state index in [0.29, 0.717) is 5.56 Å². The Hall–Kier alpha value is -2.47. The predicted molar refractivity (Wildman–Crippen MR) is 68.3 cm³/mol. The minimum absolute atomic E-state index is 0.0348. The van der Waals surface area contributed by atoms with E-state index in [1.807, 2.05) is 0 Å². The van der Waals surface area contributed by atoms with Gasteiger partial charge in [-0.15, -0.1) is 0 Å². The third-order valence-electron chi connectivity index (χ3n) is 2.44. The van der Waals surface area contributed by atoms with Crippen LogP contribution in [-0.4, -0.2) is 21.0 Å². The number of carbonyl (C=O) groups is 1. The highest BCUT2D eigenvalue weighted by molar-refractivity contribution is 6.33. The van der Waals surface area contributed by atoms with Gasteiger partial charge in [0.2, 0.25) is 0 Å². The molecular weight excluding hydrogens is 272 g/mol. The number of nitro groups is 1. The van der Waals surface area contributed by atoms with Crippen molar-refractivity contribution in [3.63, 3.8) is 0 Å². The number of non-ortho nitro benzene ring substituents is 1. The Balaban J connectivity index is 2.57. The highest BCUT2D eigenvalue weighted by Crippen LogP contribution is 2.30. The van der Waals surface area contributed by atoms with Crippen LogP contribution in [0.5, 0.6) is 0 Å². The predicted octanol–water partition coefficient (Wildman–Crippen LogP) is 3.01. The molecule has 0 bridgehead atoms. The van der Waals surface area contributed by atoms with E-state index in [1.165, 1.54) is 36.5 Å². The van der Waals surface area contributed by atoms with Crippen molar-refractivity contribution in [1.82, 2.24) is 4.98 Å². The van der Waals surface area contributed by atoms with E-state index in [2.05, 4.69) is 4.98 Å². The molecule has 2 aromatic rings. The van der Waals surface area contributed by atoms with Crippen molar-refractivity contribution in [3.8, 4) is 11.3 Å². The van der Waals surface area contributed by atoms with Crippen LogP contribution in [0, 0.1) is 10.1 Å². The summed E-state index contributed by atoms with van der Waals surface area (Å²) in [6.07, 6.45) is 1.31. The highest BCUT2D eigenvalue weighted by atomic mass is 35.5. The fourth-order valence-electron chi connectivity index (χ4n) is 1.53. The third-order valence-corrected chi connectivity index (χ3v) is 2.77.